The maximum Gasteiger partial charge on any atom is 0.326 e. The number of ether oxygens (including phenoxy) is 2. The van der Waals surface area contributed by atoms with E-state index < -0.39 is 27.2 Å². The molecule has 2 rings (SSSR count). The lowest BCUT2D eigenvalue weighted by atomic mass is 10.2. The second-order valence-electron chi connectivity index (χ2n) is 6.43. The molecule has 8 nitrogen and oxygen atoms in total. The Morgan fingerprint density at radius 3 is 2.46 bits per heavy atom. The molecular weight excluding hydrogens is 336 g/mol. The van der Waals surface area contributed by atoms with Crippen LogP contribution in [0.5, 0.6) is 0 Å². The highest BCUT2D eigenvalue weighted by Crippen LogP contribution is 2.16. The molecule has 0 unspecified atom stereocenters. The van der Waals surface area contributed by atoms with Crippen LogP contribution in [0.4, 0.5) is 0 Å². The first-order chi connectivity index (χ1) is 11.1. The molecule has 0 aliphatic carbocycles. The highest BCUT2D eigenvalue weighted by Gasteiger charge is 2.27. The predicted molar refractivity (Wildman–Crippen MR) is 86.1 cm³/mol. The van der Waals surface area contributed by atoms with E-state index >= 15 is 0 Å². The second-order valence-corrected chi connectivity index (χ2v) is 8.37. The number of hydrogen-bond acceptors (Lipinski definition) is 6. The Labute approximate surface area is 141 Å². The van der Waals surface area contributed by atoms with E-state index in [0.29, 0.717) is 13.2 Å². The standard InChI is InChI=1S/C15H22N2O6S/c1-15(2,3)23-14(19)11-16-10-12(4-5-13(16)18)24(20,21)17-6-8-22-9-7-17/h4-5,10H,6-9,11H2,1-3H3. The molecule has 1 aromatic rings. The van der Waals surface area contributed by atoms with Crippen LogP contribution >= 0.6 is 0 Å². The fraction of sp³-hybridized carbons (Fsp3) is 0.600. The Bertz CT molecular complexity index is 757. The Morgan fingerprint density at radius 1 is 1.25 bits per heavy atom. The van der Waals surface area contributed by atoms with E-state index in [1.807, 2.05) is 0 Å². The maximum atomic E-state index is 12.6. The average Bonchev–Trinajstić information content (AvgIpc) is 2.48. The van der Waals surface area contributed by atoms with Gasteiger partial charge in [-0.25, -0.2) is 8.42 Å². The SMILES string of the molecule is CC(C)(C)OC(=O)Cn1cc(S(=O)(=O)N2CCOCC2)ccc1=O. The molecule has 0 spiro atoms. The molecule has 0 amide bonds. The van der Waals surface area contributed by atoms with Gasteiger partial charge in [0, 0.05) is 25.4 Å². The van der Waals surface area contributed by atoms with Gasteiger partial charge < -0.3 is 14.0 Å². The van der Waals surface area contributed by atoms with Crippen molar-refractivity contribution in [1.29, 1.82) is 0 Å². The number of rotatable bonds is 4. The first-order valence-electron chi connectivity index (χ1n) is 7.60. The van der Waals surface area contributed by atoms with Crippen LogP contribution in [0.15, 0.2) is 28.0 Å². The Morgan fingerprint density at radius 2 is 1.88 bits per heavy atom. The Balaban J connectivity index is 2.25. The van der Waals surface area contributed by atoms with Crippen LogP contribution in [0.3, 0.4) is 0 Å². The zero-order valence-electron chi connectivity index (χ0n) is 14.0. The number of carbonyl (C=O) groups excluding carboxylic acids is 1. The first-order valence-corrected chi connectivity index (χ1v) is 9.04. The summed E-state index contributed by atoms with van der Waals surface area (Å²) in [6.45, 7) is 5.98. The van der Waals surface area contributed by atoms with Gasteiger partial charge in [-0.1, -0.05) is 0 Å². The van der Waals surface area contributed by atoms with Crippen molar-refractivity contribution in [3.63, 3.8) is 0 Å². The van der Waals surface area contributed by atoms with Gasteiger partial charge in [0.05, 0.1) is 18.1 Å². The normalized spacial score (nSPS) is 16.8. The molecular formula is C15H22N2O6S. The van der Waals surface area contributed by atoms with Gasteiger partial charge in [0.25, 0.3) is 5.56 Å². The summed E-state index contributed by atoms with van der Waals surface area (Å²) in [7, 11) is -3.73. The van der Waals surface area contributed by atoms with Gasteiger partial charge >= 0.3 is 5.97 Å². The number of pyridine rings is 1. The zero-order chi connectivity index (χ0) is 18.0. The lowest BCUT2D eigenvalue weighted by Gasteiger charge is -2.26. The average molecular weight is 358 g/mol. The number of carbonyl (C=O) groups is 1. The summed E-state index contributed by atoms with van der Waals surface area (Å²) < 4.78 is 37.9. The molecule has 2 heterocycles. The minimum Gasteiger partial charge on any atom is -0.459 e. The van der Waals surface area contributed by atoms with E-state index in [0.717, 1.165) is 10.6 Å². The van der Waals surface area contributed by atoms with Crippen molar-refractivity contribution in [3.8, 4) is 0 Å². The molecule has 1 aromatic heterocycles. The van der Waals surface area contributed by atoms with Crippen molar-refractivity contribution in [2.45, 2.75) is 37.8 Å². The summed E-state index contributed by atoms with van der Waals surface area (Å²) in [5, 5.41) is 0. The summed E-state index contributed by atoms with van der Waals surface area (Å²) >= 11 is 0. The quantitative estimate of drug-likeness (QED) is 0.714. The zero-order valence-corrected chi connectivity index (χ0v) is 14.8. The lowest BCUT2D eigenvalue weighted by Crippen LogP contribution is -2.41. The largest absolute Gasteiger partial charge is 0.459 e. The van der Waals surface area contributed by atoms with Crippen LogP contribution in [0.1, 0.15) is 20.8 Å². The number of morpholine rings is 1. The molecule has 1 fully saturated rings. The summed E-state index contributed by atoms with van der Waals surface area (Å²) in [6, 6.07) is 2.39. The fourth-order valence-corrected chi connectivity index (χ4v) is 3.66. The smallest absolute Gasteiger partial charge is 0.326 e. The van der Waals surface area contributed by atoms with Crippen LogP contribution in [0.2, 0.25) is 0 Å². The molecule has 0 N–H and O–H groups in total. The molecule has 9 heteroatoms. The fourth-order valence-electron chi connectivity index (χ4n) is 2.23. The molecule has 0 bridgehead atoms. The Kier molecular flexibility index (Phi) is 5.46. The van der Waals surface area contributed by atoms with E-state index in [2.05, 4.69) is 0 Å². The molecule has 0 aromatic carbocycles. The van der Waals surface area contributed by atoms with E-state index in [1.165, 1.54) is 16.6 Å². The molecule has 134 valence electrons. The van der Waals surface area contributed by atoms with Gasteiger partial charge in [-0.3, -0.25) is 9.59 Å². The summed E-state index contributed by atoms with van der Waals surface area (Å²) in [5.41, 5.74) is -1.15. The third kappa shape index (κ3) is 4.65. The van der Waals surface area contributed by atoms with Crippen molar-refractivity contribution in [2.24, 2.45) is 0 Å². The van der Waals surface area contributed by atoms with Crippen molar-refractivity contribution in [3.05, 3.63) is 28.7 Å². The van der Waals surface area contributed by atoms with Crippen molar-refractivity contribution < 1.29 is 22.7 Å². The third-order valence-corrected chi connectivity index (χ3v) is 5.17. The monoisotopic (exact) mass is 358 g/mol. The molecule has 1 aliphatic rings. The van der Waals surface area contributed by atoms with Gasteiger partial charge in [-0.2, -0.15) is 4.31 Å². The second kappa shape index (κ2) is 7.04. The van der Waals surface area contributed by atoms with E-state index in [4.69, 9.17) is 9.47 Å². The number of hydrogen-bond donors (Lipinski definition) is 0. The lowest BCUT2D eigenvalue weighted by molar-refractivity contribution is -0.155. The summed E-state index contributed by atoms with van der Waals surface area (Å²) in [5.74, 6) is -0.606. The third-order valence-electron chi connectivity index (χ3n) is 3.28. The van der Waals surface area contributed by atoms with Crippen LogP contribution < -0.4 is 5.56 Å². The number of aromatic nitrogens is 1. The first kappa shape index (κ1) is 18.6. The summed E-state index contributed by atoms with van der Waals surface area (Å²) in [4.78, 5) is 23.8. The number of nitrogens with zero attached hydrogens (tertiary/aromatic N) is 2. The molecule has 1 saturated heterocycles. The van der Waals surface area contributed by atoms with Gasteiger partial charge in [0.2, 0.25) is 10.0 Å². The van der Waals surface area contributed by atoms with Crippen LogP contribution in [-0.4, -0.2) is 55.2 Å². The van der Waals surface area contributed by atoms with Crippen LogP contribution in [-0.2, 0) is 30.8 Å². The van der Waals surface area contributed by atoms with Gasteiger partial charge in [-0.15, -0.1) is 0 Å². The van der Waals surface area contributed by atoms with E-state index in [1.54, 1.807) is 20.8 Å². The number of esters is 1. The van der Waals surface area contributed by atoms with Crippen LogP contribution in [0.25, 0.3) is 0 Å². The van der Waals surface area contributed by atoms with E-state index in [9.17, 15) is 18.0 Å². The number of sulfonamides is 1. The molecule has 24 heavy (non-hydrogen) atoms. The van der Waals surface area contributed by atoms with Gasteiger partial charge in [0.15, 0.2) is 0 Å². The highest BCUT2D eigenvalue weighted by molar-refractivity contribution is 7.89. The maximum absolute atomic E-state index is 12.6. The van der Waals surface area contributed by atoms with Crippen LogP contribution in [0, 0.1) is 0 Å². The molecule has 0 saturated carbocycles. The minimum absolute atomic E-state index is 0.0347. The van der Waals surface area contributed by atoms with Crippen molar-refractivity contribution in [1.82, 2.24) is 8.87 Å². The van der Waals surface area contributed by atoms with E-state index in [-0.39, 0.29) is 24.5 Å². The van der Waals surface area contributed by atoms with Crippen molar-refractivity contribution >= 4 is 16.0 Å². The molecule has 0 radical (unpaired) electrons. The molecule has 1 aliphatic heterocycles. The van der Waals surface area contributed by atoms with Crippen molar-refractivity contribution in [2.75, 3.05) is 26.3 Å². The topological polar surface area (TPSA) is 94.9 Å². The predicted octanol–water partition coefficient (Wildman–Crippen LogP) is 0.211. The van der Waals surface area contributed by atoms with Gasteiger partial charge in [0.1, 0.15) is 12.1 Å². The molecule has 0 atom stereocenters. The Hall–Kier alpha value is -1.71. The highest BCUT2D eigenvalue weighted by atomic mass is 32.2. The van der Waals surface area contributed by atoms with Gasteiger partial charge in [-0.05, 0) is 26.8 Å². The summed E-state index contributed by atoms with van der Waals surface area (Å²) in [6.07, 6.45) is 1.18. The minimum atomic E-state index is -3.73.